The van der Waals surface area contributed by atoms with Gasteiger partial charge < -0.3 is 20.3 Å². The minimum absolute atomic E-state index is 0.0986. The number of ether oxygens (including phenoxy) is 1. The van der Waals surface area contributed by atoms with Crippen molar-refractivity contribution in [2.75, 3.05) is 26.5 Å². The van der Waals surface area contributed by atoms with Crippen molar-refractivity contribution in [1.29, 1.82) is 0 Å². The van der Waals surface area contributed by atoms with Gasteiger partial charge in [-0.05, 0) is 0 Å². The molecule has 0 aromatic carbocycles. The number of hydrogen-bond acceptors (Lipinski definition) is 8. The maximum Gasteiger partial charge on any atom is 0.242 e. The highest BCUT2D eigenvalue weighted by Crippen LogP contribution is 2.13. The van der Waals surface area contributed by atoms with Gasteiger partial charge in [0.1, 0.15) is 25.1 Å². The molecule has 3 unspecified atom stereocenters. The zero-order valence-electron chi connectivity index (χ0n) is 14.4. The first-order chi connectivity index (χ1) is 10.4. The molecule has 0 bridgehead atoms. The molecule has 0 aromatic rings. The zero-order chi connectivity index (χ0) is 17.6. The predicted octanol–water partition coefficient (Wildman–Crippen LogP) is -4.17. The van der Waals surface area contributed by atoms with Gasteiger partial charge in [0.2, 0.25) is 5.91 Å². The van der Waals surface area contributed by atoms with Gasteiger partial charge in [0.05, 0.1) is 32.8 Å². The van der Waals surface area contributed by atoms with E-state index in [9.17, 15) is 15.0 Å². The van der Waals surface area contributed by atoms with Crippen molar-refractivity contribution in [3.8, 4) is 0 Å². The van der Waals surface area contributed by atoms with E-state index in [1.54, 1.807) is 0 Å². The molecule has 3 atom stereocenters. The molecule has 0 aromatic heterocycles. The highest BCUT2D eigenvalue weighted by atomic mass is 16.5. The van der Waals surface area contributed by atoms with Crippen molar-refractivity contribution in [3.63, 3.8) is 0 Å². The molecule has 0 saturated carbocycles. The molecule has 2 fully saturated rings. The number of fused-ring (bicyclic) bond motifs is 1. The molecular weight excluding hydrogens is 242 g/mol. The summed E-state index contributed by atoms with van der Waals surface area (Å²) >= 11 is 0. The fourth-order valence-corrected chi connectivity index (χ4v) is 1.91. The molecule has 18 heavy (non-hydrogen) atoms. The van der Waals surface area contributed by atoms with Gasteiger partial charge >= 0.3 is 0 Å². The maximum absolute atomic E-state index is 11.8. The van der Waals surface area contributed by atoms with Crippen LogP contribution in [0.5, 0.6) is 0 Å². The summed E-state index contributed by atoms with van der Waals surface area (Å²) in [6.07, 6.45) is -4.76. The van der Waals surface area contributed by atoms with Crippen LogP contribution in [0.2, 0.25) is 0 Å². The number of hydrogen-bond donors (Lipinski definition) is 6. The van der Waals surface area contributed by atoms with Gasteiger partial charge in [0.15, 0.2) is 0 Å². The molecule has 9 heteroatoms. The Morgan fingerprint density at radius 1 is 1.67 bits per heavy atom. The van der Waals surface area contributed by atoms with E-state index in [1.807, 2.05) is 0 Å². The van der Waals surface area contributed by atoms with Crippen LogP contribution in [0, 0.1) is 0 Å². The van der Waals surface area contributed by atoms with Crippen molar-refractivity contribution in [3.05, 3.63) is 0 Å². The minimum atomic E-state index is -3.48. The lowest BCUT2D eigenvalue weighted by Crippen LogP contribution is -2.70. The number of nitrogens with two attached hydrogens (primary N) is 1. The topological polar surface area (TPSA) is 132 Å². The average Bonchev–Trinajstić information content (AvgIpc) is 2.76. The second-order valence-electron chi connectivity index (χ2n) is 3.85. The molecule has 0 spiro atoms. The third kappa shape index (κ3) is 2.78. The van der Waals surface area contributed by atoms with Gasteiger partial charge in [0.25, 0.3) is 0 Å². The Morgan fingerprint density at radius 2 is 2.39 bits per heavy atom. The number of rotatable bonds is 5. The van der Waals surface area contributed by atoms with Crippen LogP contribution in [0.3, 0.4) is 0 Å². The Hall–Kier alpha value is -0.810. The summed E-state index contributed by atoms with van der Waals surface area (Å²) < 4.78 is 41.1. The van der Waals surface area contributed by atoms with Gasteiger partial charge in [-0.25, -0.2) is 0 Å². The van der Waals surface area contributed by atoms with Gasteiger partial charge in [-0.15, -0.1) is 0 Å². The van der Waals surface area contributed by atoms with Crippen LogP contribution < -0.4 is 21.7 Å². The van der Waals surface area contributed by atoms with Crippen molar-refractivity contribution in [2.24, 2.45) is 5.73 Å². The van der Waals surface area contributed by atoms with Crippen LogP contribution >= 0.6 is 0 Å². The number of nitrogens with one attached hydrogen (secondary N) is 3. The standard InChI is InChI=1S/C9H19N5O4/c10-9-12-7-6(8(17)13-9)11-3-14(7)4-18-5(1-15)2-16/h5-7,9,11-12,15-16H,1-4,10H2,(H,13,17)/i1D2,2D2,5D. The van der Waals surface area contributed by atoms with E-state index in [4.69, 9.17) is 17.3 Å². The van der Waals surface area contributed by atoms with Gasteiger partial charge in [-0.3, -0.25) is 26.1 Å². The summed E-state index contributed by atoms with van der Waals surface area (Å²) in [5.41, 5.74) is 5.59. The second kappa shape index (κ2) is 5.89. The van der Waals surface area contributed by atoms with E-state index in [-0.39, 0.29) is 12.6 Å². The van der Waals surface area contributed by atoms with Crippen LogP contribution in [0.15, 0.2) is 0 Å². The average molecular weight is 266 g/mol. The third-order valence-corrected chi connectivity index (χ3v) is 2.73. The SMILES string of the molecule is [2H]C([2H])(O)C([2H])(OCN1CNC2C(=O)NC(N)NC21)C([2H])([2H])O. The smallest absolute Gasteiger partial charge is 0.242 e. The lowest BCUT2D eigenvalue weighted by atomic mass is 10.2. The third-order valence-electron chi connectivity index (χ3n) is 2.73. The normalized spacial score (nSPS) is 38.9. The van der Waals surface area contributed by atoms with Crippen molar-refractivity contribution in [1.82, 2.24) is 20.9 Å². The summed E-state index contributed by atoms with van der Waals surface area (Å²) in [6.45, 7) is -7.41. The summed E-state index contributed by atoms with van der Waals surface area (Å²) in [4.78, 5) is 13.2. The van der Waals surface area contributed by atoms with Gasteiger partial charge in [0, 0.05) is 0 Å². The summed E-state index contributed by atoms with van der Waals surface area (Å²) in [6, 6.07) is -0.671. The molecule has 2 saturated heterocycles. The van der Waals surface area contributed by atoms with Crippen LogP contribution in [-0.2, 0) is 9.53 Å². The molecule has 7 N–H and O–H groups in total. The van der Waals surface area contributed by atoms with Crippen molar-refractivity contribution < 1.29 is 26.6 Å². The Labute approximate surface area is 111 Å². The molecule has 0 radical (unpaired) electrons. The lowest BCUT2D eigenvalue weighted by Gasteiger charge is -2.35. The van der Waals surface area contributed by atoms with Gasteiger partial charge in [-0.2, -0.15) is 0 Å². The van der Waals surface area contributed by atoms with Crippen LogP contribution in [-0.4, -0.2) is 72.1 Å². The molecule has 9 nitrogen and oxygen atoms in total. The highest BCUT2D eigenvalue weighted by Gasteiger charge is 2.42. The lowest BCUT2D eigenvalue weighted by molar-refractivity contribution is -0.128. The second-order valence-corrected chi connectivity index (χ2v) is 3.85. The molecule has 2 rings (SSSR count). The fourth-order valence-electron chi connectivity index (χ4n) is 1.91. The molecule has 2 aliphatic heterocycles. The quantitative estimate of drug-likeness (QED) is 0.295. The Balaban J connectivity index is 2.09. The van der Waals surface area contributed by atoms with Crippen LogP contribution in [0.25, 0.3) is 0 Å². The van der Waals surface area contributed by atoms with E-state index >= 15 is 0 Å². The first-order valence-corrected chi connectivity index (χ1v) is 5.25. The number of amides is 1. The Morgan fingerprint density at radius 3 is 3.06 bits per heavy atom. The number of nitrogens with zero attached hydrogens (tertiary/aromatic N) is 1. The minimum Gasteiger partial charge on any atom is -0.394 e. The van der Waals surface area contributed by atoms with Crippen LogP contribution in [0.1, 0.15) is 6.85 Å². The van der Waals surface area contributed by atoms with E-state index in [1.165, 1.54) is 4.90 Å². The van der Waals surface area contributed by atoms with E-state index in [2.05, 4.69) is 16.0 Å². The monoisotopic (exact) mass is 266 g/mol. The Bertz CT molecular complexity index is 458. The predicted molar refractivity (Wildman–Crippen MR) is 60.6 cm³/mol. The summed E-state index contributed by atoms with van der Waals surface area (Å²) in [5.74, 6) is -0.365. The molecule has 2 aliphatic rings. The number of carbonyl (C=O) groups excluding carboxylic acids is 1. The van der Waals surface area contributed by atoms with Crippen LogP contribution in [0.4, 0.5) is 0 Å². The number of aliphatic hydroxyl groups is 2. The molecular formula is C9H19N5O4. The largest absolute Gasteiger partial charge is 0.394 e. The highest BCUT2D eigenvalue weighted by molar-refractivity contribution is 5.83. The Kier molecular flexibility index (Phi) is 2.74. The first kappa shape index (κ1) is 8.38. The zero-order valence-corrected chi connectivity index (χ0v) is 9.38. The molecule has 2 heterocycles. The van der Waals surface area contributed by atoms with E-state index in [0.29, 0.717) is 0 Å². The number of carbonyl (C=O) groups is 1. The van der Waals surface area contributed by atoms with E-state index < -0.39 is 44.4 Å². The summed E-state index contributed by atoms with van der Waals surface area (Å²) in [7, 11) is 0. The van der Waals surface area contributed by atoms with E-state index in [0.717, 1.165) is 0 Å². The molecule has 104 valence electrons. The molecule has 1 amide bonds. The molecule has 0 aliphatic carbocycles. The van der Waals surface area contributed by atoms with Crippen molar-refractivity contribution in [2.45, 2.75) is 24.6 Å². The maximum atomic E-state index is 11.8. The fraction of sp³-hybridized carbons (Fsp3) is 0.889. The van der Waals surface area contributed by atoms with Gasteiger partial charge in [-0.1, -0.05) is 0 Å². The first-order valence-electron chi connectivity index (χ1n) is 7.75. The summed E-state index contributed by atoms with van der Waals surface area (Å²) in [5, 5.41) is 26.8. The van der Waals surface area contributed by atoms with Crippen molar-refractivity contribution >= 4 is 5.91 Å².